The molecule has 96 valence electrons. The van der Waals surface area contributed by atoms with Gasteiger partial charge in [0.25, 0.3) is 0 Å². The highest BCUT2D eigenvalue weighted by molar-refractivity contribution is 5.66. The van der Waals surface area contributed by atoms with Gasteiger partial charge in [-0.2, -0.15) is 0 Å². The maximum Gasteiger partial charge on any atom is 0.303 e. The normalized spacial score (nSPS) is 10.9. The molecular formula is C13H27NO2. The monoisotopic (exact) mass is 229 g/mol. The Morgan fingerprint density at radius 2 is 1.69 bits per heavy atom. The molecule has 16 heavy (non-hydrogen) atoms. The Morgan fingerprint density at radius 3 is 2.25 bits per heavy atom. The summed E-state index contributed by atoms with van der Waals surface area (Å²) in [6.07, 6.45) is 7.12. The van der Waals surface area contributed by atoms with Gasteiger partial charge in [-0.05, 0) is 38.3 Å². The van der Waals surface area contributed by atoms with Crippen LogP contribution < -0.4 is 5.32 Å². The van der Waals surface area contributed by atoms with Crippen LogP contribution in [0.4, 0.5) is 0 Å². The quantitative estimate of drug-likeness (QED) is 0.535. The molecule has 0 saturated carbocycles. The largest absolute Gasteiger partial charge is 0.481 e. The third-order valence-electron chi connectivity index (χ3n) is 2.63. The molecule has 0 radical (unpaired) electrons. The molecule has 0 amide bonds. The molecule has 0 aliphatic rings. The van der Waals surface area contributed by atoms with Crippen LogP contribution in [0.2, 0.25) is 0 Å². The highest BCUT2D eigenvalue weighted by atomic mass is 16.4. The van der Waals surface area contributed by atoms with Crippen LogP contribution in [-0.4, -0.2) is 24.2 Å². The summed E-state index contributed by atoms with van der Waals surface area (Å²) in [5, 5.41) is 11.8. The summed E-state index contributed by atoms with van der Waals surface area (Å²) in [5.41, 5.74) is 0. The lowest BCUT2D eigenvalue weighted by molar-refractivity contribution is -0.137. The van der Waals surface area contributed by atoms with Crippen molar-refractivity contribution in [1.82, 2.24) is 5.32 Å². The molecule has 0 saturated heterocycles. The number of rotatable bonds is 11. The van der Waals surface area contributed by atoms with Gasteiger partial charge in [-0.15, -0.1) is 0 Å². The molecule has 0 fully saturated rings. The zero-order valence-electron chi connectivity index (χ0n) is 10.8. The summed E-state index contributed by atoms with van der Waals surface area (Å²) >= 11 is 0. The van der Waals surface area contributed by atoms with E-state index in [1.165, 1.54) is 19.3 Å². The first-order chi connectivity index (χ1) is 7.63. The van der Waals surface area contributed by atoms with E-state index in [0.29, 0.717) is 6.42 Å². The van der Waals surface area contributed by atoms with Crippen molar-refractivity contribution in [3.05, 3.63) is 0 Å². The van der Waals surface area contributed by atoms with Crippen molar-refractivity contribution in [2.24, 2.45) is 5.92 Å². The molecule has 0 spiro atoms. The highest BCUT2D eigenvalue weighted by Crippen LogP contribution is 2.05. The van der Waals surface area contributed by atoms with Crippen molar-refractivity contribution in [2.45, 2.75) is 58.8 Å². The first kappa shape index (κ1) is 15.4. The van der Waals surface area contributed by atoms with Gasteiger partial charge in [0.2, 0.25) is 0 Å². The van der Waals surface area contributed by atoms with E-state index in [4.69, 9.17) is 5.11 Å². The Kier molecular flexibility index (Phi) is 10.5. The molecule has 0 rings (SSSR count). The Labute approximate surface area is 99.6 Å². The maximum atomic E-state index is 10.2. The van der Waals surface area contributed by atoms with E-state index in [-0.39, 0.29) is 0 Å². The number of aliphatic carboxylic acids is 1. The van der Waals surface area contributed by atoms with Gasteiger partial charge < -0.3 is 10.4 Å². The Morgan fingerprint density at radius 1 is 1.06 bits per heavy atom. The minimum absolute atomic E-state index is 0.314. The molecule has 0 aromatic heterocycles. The lowest BCUT2D eigenvalue weighted by Crippen LogP contribution is -2.16. The van der Waals surface area contributed by atoms with Gasteiger partial charge in [-0.1, -0.05) is 33.1 Å². The van der Waals surface area contributed by atoms with Gasteiger partial charge in [0.1, 0.15) is 0 Å². The number of hydrogen-bond acceptors (Lipinski definition) is 2. The third-order valence-corrected chi connectivity index (χ3v) is 2.63. The number of carboxylic acid groups (broad SMARTS) is 1. The second-order valence-corrected chi connectivity index (χ2v) is 4.84. The smallest absolute Gasteiger partial charge is 0.303 e. The van der Waals surface area contributed by atoms with E-state index in [1.807, 2.05) is 0 Å². The number of nitrogens with one attached hydrogen (secondary N) is 1. The first-order valence-electron chi connectivity index (χ1n) is 6.55. The van der Waals surface area contributed by atoms with Crippen LogP contribution in [0.3, 0.4) is 0 Å². The number of hydrogen-bond donors (Lipinski definition) is 2. The van der Waals surface area contributed by atoms with E-state index in [9.17, 15) is 4.79 Å². The van der Waals surface area contributed by atoms with E-state index < -0.39 is 5.97 Å². The average Bonchev–Trinajstić information content (AvgIpc) is 2.20. The van der Waals surface area contributed by atoms with E-state index in [1.54, 1.807) is 0 Å². The topological polar surface area (TPSA) is 49.3 Å². The van der Waals surface area contributed by atoms with Crippen molar-refractivity contribution in [3.63, 3.8) is 0 Å². The number of carboxylic acids is 1. The Balaban J connectivity index is 2.96. The molecule has 0 aromatic carbocycles. The van der Waals surface area contributed by atoms with Crippen LogP contribution in [0, 0.1) is 5.92 Å². The molecule has 2 N–H and O–H groups in total. The van der Waals surface area contributed by atoms with Crippen molar-refractivity contribution >= 4 is 5.97 Å². The Hall–Kier alpha value is -0.570. The van der Waals surface area contributed by atoms with Crippen LogP contribution in [0.1, 0.15) is 58.8 Å². The van der Waals surface area contributed by atoms with Crippen LogP contribution in [0.25, 0.3) is 0 Å². The number of carbonyl (C=O) groups is 1. The van der Waals surface area contributed by atoms with Crippen molar-refractivity contribution < 1.29 is 9.90 Å². The standard InChI is InChI=1S/C13H27NO2/c1-12(2)8-5-7-11-14-10-6-3-4-9-13(15)16/h12,14H,3-11H2,1-2H3,(H,15,16). The van der Waals surface area contributed by atoms with E-state index in [2.05, 4.69) is 19.2 Å². The zero-order valence-corrected chi connectivity index (χ0v) is 10.8. The summed E-state index contributed by atoms with van der Waals surface area (Å²) in [4.78, 5) is 10.2. The molecule has 0 aliphatic carbocycles. The predicted octanol–water partition coefficient (Wildman–Crippen LogP) is 3.05. The summed E-state index contributed by atoms with van der Waals surface area (Å²) in [7, 11) is 0. The summed E-state index contributed by atoms with van der Waals surface area (Å²) < 4.78 is 0. The van der Waals surface area contributed by atoms with Gasteiger partial charge in [-0.25, -0.2) is 0 Å². The highest BCUT2D eigenvalue weighted by Gasteiger charge is 1.96. The molecule has 3 heteroatoms. The predicted molar refractivity (Wildman–Crippen MR) is 67.7 cm³/mol. The van der Waals surface area contributed by atoms with Gasteiger partial charge in [0, 0.05) is 6.42 Å². The molecule has 0 unspecified atom stereocenters. The van der Waals surface area contributed by atoms with Crippen LogP contribution >= 0.6 is 0 Å². The summed E-state index contributed by atoms with van der Waals surface area (Å²) in [6, 6.07) is 0. The zero-order chi connectivity index (χ0) is 12.2. The van der Waals surface area contributed by atoms with E-state index >= 15 is 0 Å². The maximum absolute atomic E-state index is 10.2. The van der Waals surface area contributed by atoms with E-state index in [0.717, 1.165) is 38.3 Å². The lowest BCUT2D eigenvalue weighted by atomic mass is 10.1. The Bertz CT molecular complexity index is 169. The molecular weight excluding hydrogens is 202 g/mol. The summed E-state index contributed by atoms with van der Waals surface area (Å²) in [5.74, 6) is 0.137. The van der Waals surface area contributed by atoms with Crippen molar-refractivity contribution in [1.29, 1.82) is 0 Å². The van der Waals surface area contributed by atoms with Crippen LogP contribution in [-0.2, 0) is 4.79 Å². The molecule has 0 aromatic rings. The fraction of sp³-hybridized carbons (Fsp3) is 0.923. The second-order valence-electron chi connectivity index (χ2n) is 4.84. The first-order valence-corrected chi connectivity index (χ1v) is 6.55. The lowest BCUT2D eigenvalue weighted by Gasteiger charge is -2.06. The van der Waals surface area contributed by atoms with Crippen LogP contribution in [0.15, 0.2) is 0 Å². The molecule has 0 aliphatic heterocycles. The van der Waals surface area contributed by atoms with Gasteiger partial charge in [0.05, 0.1) is 0 Å². The molecule has 0 atom stereocenters. The van der Waals surface area contributed by atoms with Gasteiger partial charge in [-0.3, -0.25) is 4.79 Å². The van der Waals surface area contributed by atoms with Crippen molar-refractivity contribution in [2.75, 3.05) is 13.1 Å². The van der Waals surface area contributed by atoms with Crippen LogP contribution in [0.5, 0.6) is 0 Å². The van der Waals surface area contributed by atoms with Crippen molar-refractivity contribution in [3.8, 4) is 0 Å². The molecule has 3 nitrogen and oxygen atoms in total. The summed E-state index contributed by atoms with van der Waals surface area (Å²) in [6.45, 7) is 6.65. The SMILES string of the molecule is CC(C)CCCCNCCCCCC(=O)O. The molecule has 0 heterocycles. The van der Waals surface area contributed by atoms with Gasteiger partial charge >= 0.3 is 5.97 Å². The third kappa shape index (κ3) is 13.4. The fourth-order valence-corrected chi connectivity index (χ4v) is 1.63. The average molecular weight is 229 g/mol. The second kappa shape index (κ2) is 10.9. The fourth-order valence-electron chi connectivity index (χ4n) is 1.63. The van der Waals surface area contributed by atoms with Gasteiger partial charge in [0.15, 0.2) is 0 Å². The molecule has 0 bridgehead atoms. The minimum Gasteiger partial charge on any atom is -0.481 e. The number of unbranched alkanes of at least 4 members (excludes halogenated alkanes) is 3. The minimum atomic E-state index is -0.679.